The second kappa shape index (κ2) is 15.5. The molecule has 0 aliphatic rings. The van der Waals surface area contributed by atoms with Crippen LogP contribution >= 0.6 is 0 Å². The Labute approximate surface area is 382 Å². The van der Waals surface area contributed by atoms with Gasteiger partial charge in [0.15, 0.2) is 0 Å². The van der Waals surface area contributed by atoms with Gasteiger partial charge in [0.25, 0.3) is 0 Å². The van der Waals surface area contributed by atoms with Crippen LogP contribution in [0, 0.1) is 0 Å². The maximum atomic E-state index is 6.27. The van der Waals surface area contributed by atoms with Crippen molar-refractivity contribution in [2.45, 2.75) is 0 Å². The summed E-state index contributed by atoms with van der Waals surface area (Å²) in [5.74, 6) is 0. The second-order valence-electron chi connectivity index (χ2n) is 17.3. The molecule has 0 atom stereocenters. The zero-order valence-electron chi connectivity index (χ0n) is 36.0. The van der Waals surface area contributed by atoms with Gasteiger partial charge >= 0.3 is 0 Å². The van der Waals surface area contributed by atoms with Crippen LogP contribution in [0.1, 0.15) is 0 Å². The van der Waals surface area contributed by atoms with Crippen LogP contribution in [0.3, 0.4) is 0 Å². The average Bonchev–Trinajstić information content (AvgIpc) is 3.78. The van der Waals surface area contributed by atoms with E-state index in [-0.39, 0.29) is 0 Å². The molecule has 0 unspecified atom stereocenters. The van der Waals surface area contributed by atoms with Gasteiger partial charge in [-0.05, 0) is 148 Å². The summed E-state index contributed by atoms with van der Waals surface area (Å²) in [6.07, 6.45) is 0. The molecule has 12 aromatic carbocycles. The Morgan fingerprint density at radius 2 is 0.682 bits per heavy atom. The van der Waals surface area contributed by atoms with Crippen molar-refractivity contribution in [1.29, 1.82) is 0 Å². The third-order valence-electron chi connectivity index (χ3n) is 13.4. The molecule has 0 amide bonds. The average molecular weight is 840 g/mol. The van der Waals surface area contributed by atoms with Crippen molar-refractivity contribution < 1.29 is 4.42 Å². The van der Waals surface area contributed by atoms with Gasteiger partial charge in [-0.25, -0.2) is 0 Å². The smallest absolute Gasteiger partial charge is 0.136 e. The molecule has 0 aliphatic heterocycles. The molecule has 0 saturated heterocycles. The van der Waals surface area contributed by atoms with E-state index >= 15 is 0 Å². The molecule has 1 heterocycles. The van der Waals surface area contributed by atoms with E-state index in [1.807, 2.05) is 12.1 Å². The third kappa shape index (κ3) is 6.50. The molecule has 0 N–H and O–H groups in total. The van der Waals surface area contributed by atoms with E-state index < -0.39 is 0 Å². The van der Waals surface area contributed by atoms with Crippen molar-refractivity contribution in [3.8, 4) is 44.5 Å². The van der Waals surface area contributed by atoms with Crippen molar-refractivity contribution in [2.24, 2.45) is 0 Å². The number of furan rings is 1. The number of para-hydroxylation sites is 1. The number of hydrogen-bond donors (Lipinski definition) is 0. The van der Waals surface area contributed by atoms with E-state index in [0.29, 0.717) is 0 Å². The lowest BCUT2D eigenvalue weighted by molar-refractivity contribution is 0.669. The molecule has 0 aliphatic carbocycles. The number of benzene rings is 12. The Kier molecular flexibility index (Phi) is 8.89. The zero-order valence-corrected chi connectivity index (χ0v) is 36.0. The molecule has 13 aromatic rings. The topological polar surface area (TPSA) is 16.4 Å². The molecular formula is C64H41NO. The van der Waals surface area contributed by atoms with E-state index in [4.69, 9.17) is 4.42 Å². The summed E-state index contributed by atoms with van der Waals surface area (Å²) in [7, 11) is 0. The van der Waals surface area contributed by atoms with Gasteiger partial charge < -0.3 is 9.32 Å². The molecule has 66 heavy (non-hydrogen) atoms. The van der Waals surface area contributed by atoms with Crippen LogP contribution in [0.4, 0.5) is 17.1 Å². The minimum absolute atomic E-state index is 0.898. The molecule has 0 saturated carbocycles. The van der Waals surface area contributed by atoms with Gasteiger partial charge in [-0.3, -0.25) is 0 Å². The van der Waals surface area contributed by atoms with Crippen LogP contribution in [-0.2, 0) is 0 Å². The lowest BCUT2D eigenvalue weighted by atomic mass is 9.96. The fourth-order valence-corrected chi connectivity index (χ4v) is 10.1. The zero-order chi connectivity index (χ0) is 43.6. The van der Waals surface area contributed by atoms with Gasteiger partial charge in [-0.2, -0.15) is 0 Å². The van der Waals surface area contributed by atoms with Crippen molar-refractivity contribution in [1.82, 2.24) is 0 Å². The van der Waals surface area contributed by atoms with Crippen LogP contribution in [0.25, 0.3) is 110 Å². The fraction of sp³-hybridized carbons (Fsp3) is 0. The second-order valence-corrected chi connectivity index (χ2v) is 17.3. The summed E-state index contributed by atoms with van der Waals surface area (Å²) < 4.78 is 6.27. The first kappa shape index (κ1) is 37.8. The van der Waals surface area contributed by atoms with Gasteiger partial charge in [0.2, 0.25) is 0 Å². The van der Waals surface area contributed by atoms with Gasteiger partial charge in [-0.15, -0.1) is 0 Å². The van der Waals surface area contributed by atoms with Crippen molar-refractivity contribution in [2.75, 3.05) is 4.90 Å². The van der Waals surface area contributed by atoms with Crippen LogP contribution < -0.4 is 4.90 Å². The molecule has 0 fully saturated rings. The molecule has 13 rings (SSSR count). The molecule has 0 radical (unpaired) electrons. The molecule has 1 aromatic heterocycles. The minimum Gasteiger partial charge on any atom is -0.456 e. The Morgan fingerprint density at radius 1 is 0.242 bits per heavy atom. The van der Waals surface area contributed by atoms with E-state index in [9.17, 15) is 0 Å². The van der Waals surface area contributed by atoms with Crippen LogP contribution in [0.2, 0.25) is 0 Å². The number of fused-ring (bicyclic) bond motifs is 9. The number of rotatable bonds is 7. The summed E-state index contributed by atoms with van der Waals surface area (Å²) >= 11 is 0. The monoisotopic (exact) mass is 839 g/mol. The molecule has 2 nitrogen and oxygen atoms in total. The first-order chi connectivity index (χ1) is 32.7. The molecule has 0 spiro atoms. The highest BCUT2D eigenvalue weighted by atomic mass is 16.3. The summed E-state index contributed by atoms with van der Waals surface area (Å²) in [6.45, 7) is 0. The molecule has 0 bridgehead atoms. The number of hydrogen-bond acceptors (Lipinski definition) is 2. The maximum Gasteiger partial charge on any atom is 0.136 e. The van der Waals surface area contributed by atoms with E-state index in [1.165, 1.54) is 76.5 Å². The lowest BCUT2D eigenvalue weighted by Gasteiger charge is -2.26. The summed E-state index contributed by atoms with van der Waals surface area (Å²) in [4.78, 5) is 2.37. The maximum absolute atomic E-state index is 6.27. The van der Waals surface area contributed by atoms with Crippen molar-refractivity contribution in [3.05, 3.63) is 249 Å². The van der Waals surface area contributed by atoms with Crippen molar-refractivity contribution in [3.63, 3.8) is 0 Å². The van der Waals surface area contributed by atoms with Crippen molar-refractivity contribution >= 4 is 82.1 Å². The predicted molar refractivity (Wildman–Crippen MR) is 280 cm³/mol. The minimum atomic E-state index is 0.898. The van der Waals surface area contributed by atoms with Gasteiger partial charge in [0.1, 0.15) is 11.2 Å². The van der Waals surface area contributed by atoms with Gasteiger partial charge in [0.05, 0.1) is 0 Å². The number of anilines is 3. The normalized spacial score (nSPS) is 11.6. The summed E-state index contributed by atoms with van der Waals surface area (Å²) in [5.41, 5.74) is 14.5. The fourth-order valence-electron chi connectivity index (χ4n) is 10.1. The molecule has 2 heteroatoms. The summed E-state index contributed by atoms with van der Waals surface area (Å²) in [6, 6.07) is 90.3. The Hall–Kier alpha value is -8.72. The Balaban J connectivity index is 0.861. The summed E-state index contributed by atoms with van der Waals surface area (Å²) in [5, 5.41) is 12.4. The first-order valence-corrected chi connectivity index (χ1v) is 22.6. The van der Waals surface area contributed by atoms with E-state index in [2.05, 4.69) is 241 Å². The first-order valence-electron chi connectivity index (χ1n) is 22.6. The highest BCUT2D eigenvalue weighted by Crippen LogP contribution is 2.42. The van der Waals surface area contributed by atoms with Gasteiger partial charge in [-0.1, -0.05) is 188 Å². The molecule has 308 valence electrons. The van der Waals surface area contributed by atoms with E-state index in [0.717, 1.165) is 50.1 Å². The van der Waals surface area contributed by atoms with Crippen LogP contribution in [0.15, 0.2) is 253 Å². The highest BCUT2D eigenvalue weighted by Gasteiger charge is 2.17. The predicted octanol–water partition coefficient (Wildman–Crippen LogP) is 18.3. The highest BCUT2D eigenvalue weighted by molar-refractivity contribution is 6.13. The Bertz CT molecular complexity index is 3970. The largest absolute Gasteiger partial charge is 0.456 e. The SMILES string of the molecule is c1cc(-c2ccc3c(ccc4ccccc43)c2)cc(N(c2ccc(-c3ccc(-c4ccc5c(ccc6ccccc65)c4)cc3)cc2)c2ccc(-c3cccc4oc5ccccc5c34)cc2)c1. The number of nitrogens with zero attached hydrogens (tertiary/aromatic N) is 1. The van der Waals surface area contributed by atoms with Gasteiger partial charge in [0, 0.05) is 27.8 Å². The lowest BCUT2D eigenvalue weighted by Crippen LogP contribution is -2.10. The third-order valence-corrected chi connectivity index (χ3v) is 13.4. The Morgan fingerprint density at radius 3 is 1.32 bits per heavy atom. The van der Waals surface area contributed by atoms with Crippen LogP contribution in [-0.4, -0.2) is 0 Å². The standard InChI is InChI=1S/C64H41NO/c1-3-13-56-45(9-1)23-25-51-39-49(31-37-58(51)56)44-21-19-42(20-22-44)43-27-33-53(34-28-43)65(54-35-29-47(30-36-54)60-16-8-18-63-64(60)61-15-5-6-17-62(61)66-63)55-12-7-11-48(41-55)50-32-38-59-52(40-50)26-24-46-10-2-4-14-57(46)59/h1-41H. The van der Waals surface area contributed by atoms with E-state index in [1.54, 1.807) is 0 Å². The quantitative estimate of drug-likeness (QED) is 0.149. The molecular weight excluding hydrogens is 799 g/mol. The van der Waals surface area contributed by atoms with Crippen LogP contribution in [0.5, 0.6) is 0 Å².